The Morgan fingerprint density at radius 3 is 2.53 bits per heavy atom. The first-order valence-corrected chi connectivity index (χ1v) is 11.6. The van der Waals surface area contributed by atoms with Crippen LogP contribution in [-0.4, -0.2) is 26.8 Å². The topological polar surface area (TPSA) is 79.5 Å². The highest BCUT2D eigenvalue weighted by Gasteiger charge is 2.14. The van der Waals surface area contributed by atoms with E-state index in [1.807, 2.05) is 83.4 Å². The lowest BCUT2D eigenvalue weighted by atomic mass is 10.1. The summed E-state index contributed by atoms with van der Waals surface area (Å²) in [7, 11) is 0. The molecule has 1 aromatic heterocycles. The quantitative estimate of drug-likeness (QED) is 0.236. The number of nitrogens with one attached hydrogen (secondary N) is 1. The van der Waals surface area contributed by atoms with Gasteiger partial charge in [-0.2, -0.15) is 5.10 Å². The summed E-state index contributed by atoms with van der Waals surface area (Å²) in [5, 5.41) is 16.3. The zero-order valence-corrected chi connectivity index (χ0v) is 19.7. The van der Waals surface area contributed by atoms with Gasteiger partial charge >= 0.3 is 0 Å². The van der Waals surface area contributed by atoms with Gasteiger partial charge in [0.2, 0.25) is 0 Å². The number of rotatable bonds is 6. The number of halogens is 1. The number of phenolic OH excluding ortho intramolecular Hbond substituents is 1. The van der Waals surface area contributed by atoms with Crippen LogP contribution in [0.5, 0.6) is 5.75 Å². The van der Waals surface area contributed by atoms with Gasteiger partial charge in [0.15, 0.2) is 0 Å². The van der Waals surface area contributed by atoms with Crippen LogP contribution in [0, 0.1) is 0 Å². The molecule has 0 spiro atoms. The van der Waals surface area contributed by atoms with E-state index in [2.05, 4.69) is 26.5 Å². The molecule has 0 fully saturated rings. The Kier molecular flexibility index (Phi) is 6.10. The van der Waals surface area contributed by atoms with Gasteiger partial charge in [0.1, 0.15) is 18.1 Å². The molecular weight excluding hydrogens is 492 g/mol. The molecule has 0 saturated heterocycles. The number of fused-ring (bicyclic) bond motifs is 2. The summed E-state index contributed by atoms with van der Waals surface area (Å²) in [5.74, 6) is 0.637. The number of amides is 1. The van der Waals surface area contributed by atoms with Crippen molar-refractivity contribution in [1.29, 1.82) is 0 Å². The highest BCUT2D eigenvalue weighted by molar-refractivity contribution is 9.10. The number of aromatic hydroxyl groups is 1. The largest absolute Gasteiger partial charge is 0.507 e. The fourth-order valence-electron chi connectivity index (χ4n) is 4.00. The number of aromatic nitrogens is 2. The van der Waals surface area contributed by atoms with Gasteiger partial charge in [-0.25, -0.2) is 10.4 Å². The van der Waals surface area contributed by atoms with Crippen LogP contribution >= 0.6 is 15.9 Å². The summed E-state index contributed by atoms with van der Waals surface area (Å²) in [6.07, 6.45) is 2.06. The van der Waals surface area contributed by atoms with Gasteiger partial charge in [0, 0.05) is 21.8 Å². The number of hydrazone groups is 1. The van der Waals surface area contributed by atoms with Crippen molar-refractivity contribution < 1.29 is 9.90 Å². The average Bonchev–Trinajstić information content (AvgIpc) is 3.19. The molecule has 0 atom stereocenters. The van der Waals surface area contributed by atoms with Crippen LogP contribution in [0.1, 0.15) is 17.0 Å². The molecule has 168 valence electrons. The molecule has 0 bridgehead atoms. The fourth-order valence-corrected chi connectivity index (χ4v) is 4.59. The molecule has 4 aromatic carbocycles. The maximum atomic E-state index is 12.8. The summed E-state index contributed by atoms with van der Waals surface area (Å²) < 4.78 is 2.75. The second kappa shape index (κ2) is 9.49. The zero-order valence-electron chi connectivity index (χ0n) is 18.1. The SMILES string of the molecule is O=C(Cn1c(Cc2ccccc2)nc2ccccc21)NN=Cc1cc(Br)c2ccccc2c1O. The predicted molar refractivity (Wildman–Crippen MR) is 138 cm³/mol. The summed E-state index contributed by atoms with van der Waals surface area (Å²) in [5.41, 5.74) is 5.93. The molecule has 0 radical (unpaired) electrons. The smallest absolute Gasteiger partial charge is 0.260 e. The summed E-state index contributed by atoms with van der Waals surface area (Å²) in [4.78, 5) is 17.5. The second-order valence-electron chi connectivity index (χ2n) is 7.90. The molecule has 1 heterocycles. The summed E-state index contributed by atoms with van der Waals surface area (Å²) in [6.45, 7) is 0.0768. The monoisotopic (exact) mass is 512 g/mol. The molecule has 0 aliphatic rings. The van der Waals surface area contributed by atoms with E-state index in [4.69, 9.17) is 4.98 Å². The van der Waals surface area contributed by atoms with E-state index in [-0.39, 0.29) is 18.2 Å². The molecule has 1 amide bonds. The maximum absolute atomic E-state index is 12.8. The molecule has 0 saturated carbocycles. The number of carbonyl (C=O) groups is 1. The van der Waals surface area contributed by atoms with E-state index in [0.29, 0.717) is 17.4 Å². The first-order valence-electron chi connectivity index (χ1n) is 10.8. The number of nitrogens with zero attached hydrogens (tertiary/aromatic N) is 3. The highest BCUT2D eigenvalue weighted by atomic mass is 79.9. The second-order valence-corrected chi connectivity index (χ2v) is 8.75. The minimum absolute atomic E-state index is 0.0768. The molecule has 5 rings (SSSR count). The number of benzene rings is 4. The number of hydrogen-bond acceptors (Lipinski definition) is 4. The molecule has 34 heavy (non-hydrogen) atoms. The molecule has 0 aliphatic carbocycles. The molecular formula is C27H21BrN4O2. The maximum Gasteiger partial charge on any atom is 0.260 e. The lowest BCUT2D eigenvalue weighted by molar-refractivity contribution is -0.121. The standard InChI is InChI=1S/C27H21BrN4O2/c28-22-15-19(27(34)21-11-5-4-10-20(21)22)16-29-31-26(33)17-32-24-13-7-6-12-23(24)30-25(32)14-18-8-2-1-3-9-18/h1-13,15-16,34H,14,17H2,(H,31,33). The number of carbonyl (C=O) groups excluding carboxylic acids is 1. The Balaban J connectivity index is 1.36. The first kappa shape index (κ1) is 21.9. The third-order valence-corrected chi connectivity index (χ3v) is 6.28. The van der Waals surface area contributed by atoms with Crippen LogP contribution in [0.4, 0.5) is 0 Å². The van der Waals surface area contributed by atoms with E-state index in [1.54, 1.807) is 6.07 Å². The zero-order chi connectivity index (χ0) is 23.5. The Bertz CT molecular complexity index is 1530. The van der Waals surface area contributed by atoms with Crippen LogP contribution in [-0.2, 0) is 17.8 Å². The Labute approximate surface area is 204 Å². The minimum atomic E-state index is -0.284. The van der Waals surface area contributed by atoms with Crippen molar-refractivity contribution in [2.75, 3.05) is 0 Å². The van der Waals surface area contributed by atoms with Gasteiger partial charge in [-0.1, -0.05) is 82.7 Å². The van der Waals surface area contributed by atoms with E-state index in [1.165, 1.54) is 6.21 Å². The molecule has 0 unspecified atom stereocenters. The number of phenols is 1. The Hall–Kier alpha value is -3.97. The van der Waals surface area contributed by atoms with Crippen LogP contribution in [0.2, 0.25) is 0 Å². The molecule has 2 N–H and O–H groups in total. The lowest BCUT2D eigenvalue weighted by Crippen LogP contribution is -2.24. The fraction of sp³-hybridized carbons (Fsp3) is 0.0741. The molecule has 5 aromatic rings. The van der Waals surface area contributed by atoms with Crippen molar-refractivity contribution in [2.24, 2.45) is 5.10 Å². The van der Waals surface area contributed by atoms with Gasteiger partial charge in [0.25, 0.3) is 5.91 Å². The van der Waals surface area contributed by atoms with E-state index >= 15 is 0 Å². The molecule has 6 nitrogen and oxygen atoms in total. The normalized spacial score (nSPS) is 11.4. The summed E-state index contributed by atoms with van der Waals surface area (Å²) in [6, 6.07) is 27.1. The third-order valence-electron chi connectivity index (χ3n) is 5.63. The van der Waals surface area contributed by atoms with Gasteiger partial charge in [0.05, 0.1) is 17.2 Å². The predicted octanol–water partition coefficient (Wildman–Crippen LogP) is 5.40. The van der Waals surface area contributed by atoms with Crippen LogP contribution in [0.3, 0.4) is 0 Å². The molecule has 7 heteroatoms. The van der Waals surface area contributed by atoms with Crippen molar-refractivity contribution >= 4 is 49.9 Å². The lowest BCUT2D eigenvalue weighted by Gasteiger charge is -2.09. The number of hydrogen-bond donors (Lipinski definition) is 2. The highest BCUT2D eigenvalue weighted by Crippen LogP contribution is 2.33. The van der Waals surface area contributed by atoms with E-state index in [9.17, 15) is 9.90 Å². The Morgan fingerprint density at radius 1 is 1.00 bits per heavy atom. The van der Waals surface area contributed by atoms with Crippen molar-refractivity contribution in [3.8, 4) is 5.75 Å². The summed E-state index contributed by atoms with van der Waals surface area (Å²) >= 11 is 3.53. The van der Waals surface area contributed by atoms with Crippen LogP contribution < -0.4 is 5.43 Å². The van der Waals surface area contributed by atoms with Crippen molar-refractivity contribution in [3.05, 3.63) is 106 Å². The first-order chi connectivity index (χ1) is 16.6. The Morgan fingerprint density at radius 2 is 1.71 bits per heavy atom. The minimum Gasteiger partial charge on any atom is -0.507 e. The van der Waals surface area contributed by atoms with E-state index in [0.717, 1.165) is 32.3 Å². The van der Waals surface area contributed by atoms with Gasteiger partial charge < -0.3 is 9.67 Å². The van der Waals surface area contributed by atoms with Crippen molar-refractivity contribution in [3.63, 3.8) is 0 Å². The average molecular weight is 513 g/mol. The van der Waals surface area contributed by atoms with Crippen molar-refractivity contribution in [2.45, 2.75) is 13.0 Å². The number of para-hydroxylation sites is 2. The third kappa shape index (κ3) is 4.43. The number of imidazole rings is 1. The van der Waals surface area contributed by atoms with Crippen LogP contribution in [0.25, 0.3) is 21.8 Å². The van der Waals surface area contributed by atoms with Crippen LogP contribution in [0.15, 0.2) is 94.5 Å². The van der Waals surface area contributed by atoms with Crippen molar-refractivity contribution in [1.82, 2.24) is 15.0 Å². The van der Waals surface area contributed by atoms with Gasteiger partial charge in [-0.05, 0) is 29.1 Å². The van der Waals surface area contributed by atoms with Gasteiger partial charge in [-0.15, -0.1) is 0 Å². The van der Waals surface area contributed by atoms with Gasteiger partial charge in [-0.3, -0.25) is 4.79 Å². The van der Waals surface area contributed by atoms with E-state index < -0.39 is 0 Å². The molecule has 0 aliphatic heterocycles.